The van der Waals surface area contributed by atoms with Crippen LogP contribution in [0.25, 0.3) is 0 Å². The summed E-state index contributed by atoms with van der Waals surface area (Å²) < 4.78 is 0. The van der Waals surface area contributed by atoms with Crippen molar-refractivity contribution in [2.75, 3.05) is 13.2 Å². The van der Waals surface area contributed by atoms with E-state index < -0.39 is 12.5 Å². The molecule has 0 atom stereocenters. The van der Waals surface area contributed by atoms with Gasteiger partial charge in [-0.25, -0.2) is 0 Å². The van der Waals surface area contributed by atoms with Crippen LogP contribution in [0.5, 0.6) is 0 Å². The minimum atomic E-state index is -2.10. The van der Waals surface area contributed by atoms with Crippen molar-refractivity contribution in [3.8, 4) is 0 Å². The first-order valence-electron chi connectivity index (χ1n) is 2.43. The van der Waals surface area contributed by atoms with Crippen molar-refractivity contribution in [2.45, 2.75) is 12.8 Å². The molecule has 0 heterocycles. The van der Waals surface area contributed by atoms with Crippen LogP contribution in [0.3, 0.4) is 0 Å². The fourth-order valence-electron chi connectivity index (χ4n) is 0.339. The van der Waals surface area contributed by atoms with E-state index in [4.69, 9.17) is 15.3 Å². The Bertz CT molecular complexity index is 64.3. The fraction of sp³-hybridized carbons (Fsp3) is 1.00. The zero-order chi connectivity index (χ0) is 6.62. The summed E-state index contributed by atoms with van der Waals surface area (Å²) in [6, 6.07) is 0. The van der Waals surface area contributed by atoms with E-state index in [2.05, 4.69) is 5.32 Å². The second-order valence-electron chi connectivity index (χ2n) is 1.51. The monoisotopic (exact) mass is 121 g/mol. The molecule has 0 spiro atoms. The van der Waals surface area contributed by atoms with Gasteiger partial charge in [-0.2, -0.15) is 0 Å². The molecule has 4 N–H and O–H groups in total. The average molecular weight is 121 g/mol. The van der Waals surface area contributed by atoms with Crippen LogP contribution >= 0.6 is 0 Å². The number of nitrogens with one attached hydrogen (secondary N) is 1. The van der Waals surface area contributed by atoms with Gasteiger partial charge in [0.1, 0.15) is 6.61 Å². The van der Waals surface area contributed by atoms with Crippen LogP contribution in [0, 0.1) is 0 Å². The first-order valence-corrected chi connectivity index (χ1v) is 2.43. The van der Waals surface area contributed by atoms with Gasteiger partial charge in [0.2, 0.25) is 5.91 Å². The molecule has 0 radical (unpaired) electrons. The molecule has 0 aromatic heterocycles. The number of hydrogen-bond donors (Lipinski definition) is 4. The molecule has 0 saturated carbocycles. The van der Waals surface area contributed by atoms with Gasteiger partial charge >= 0.3 is 0 Å². The molecule has 0 aliphatic carbocycles. The van der Waals surface area contributed by atoms with Gasteiger partial charge < -0.3 is 15.3 Å². The molecule has 50 valence electrons. The molecule has 8 heavy (non-hydrogen) atoms. The molecule has 0 fully saturated rings. The summed E-state index contributed by atoms with van der Waals surface area (Å²) in [4.78, 5) is 0. The number of hydrogen-bond acceptors (Lipinski definition) is 4. The van der Waals surface area contributed by atoms with Crippen molar-refractivity contribution in [3.63, 3.8) is 0 Å². The van der Waals surface area contributed by atoms with Crippen molar-refractivity contribution < 1.29 is 15.3 Å². The molecular formula is C4H11NO3. The van der Waals surface area contributed by atoms with Crippen molar-refractivity contribution in [3.05, 3.63) is 0 Å². The summed E-state index contributed by atoms with van der Waals surface area (Å²) in [6.45, 7) is 1.42. The van der Waals surface area contributed by atoms with Crippen molar-refractivity contribution >= 4 is 0 Å². The normalized spacial score (nSPS) is 12.0. The molecule has 0 rings (SSSR count). The van der Waals surface area contributed by atoms with Gasteiger partial charge in [0.05, 0.1) is 0 Å². The lowest BCUT2D eigenvalue weighted by Gasteiger charge is -2.18. The summed E-state index contributed by atoms with van der Waals surface area (Å²) in [5, 5.41) is 27.4. The maximum Gasteiger partial charge on any atom is 0.246 e. The lowest BCUT2D eigenvalue weighted by atomic mass is 10.5. The maximum atomic E-state index is 8.52. The predicted molar refractivity (Wildman–Crippen MR) is 27.9 cm³/mol. The van der Waals surface area contributed by atoms with Crippen LogP contribution in [0.2, 0.25) is 0 Å². The summed E-state index contributed by atoms with van der Waals surface area (Å²) >= 11 is 0. The Labute approximate surface area is 47.8 Å². The Balaban J connectivity index is 3.37. The SMILES string of the molecule is CCNC(O)(O)CO. The lowest BCUT2D eigenvalue weighted by molar-refractivity contribution is -0.207. The molecular weight excluding hydrogens is 110 g/mol. The van der Waals surface area contributed by atoms with E-state index in [1.54, 1.807) is 6.92 Å². The average Bonchev–Trinajstić information content (AvgIpc) is 1.67. The third kappa shape index (κ3) is 2.92. The van der Waals surface area contributed by atoms with E-state index in [-0.39, 0.29) is 0 Å². The zero-order valence-electron chi connectivity index (χ0n) is 4.76. The summed E-state index contributed by atoms with van der Waals surface area (Å²) in [6.07, 6.45) is 0. The van der Waals surface area contributed by atoms with E-state index in [1.165, 1.54) is 0 Å². The van der Waals surface area contributed by atoms with Crippen molar-refractivity contribution in [1.29, 1.82) is 0 Å². The Morgan fingerprint density at radius 3 is 2.12 bits per heavy atom. The number of aliphatic hydroxyl groups is 3. The second-order valence-corrected chi connectivity index (χ2v) is 1.51. The van der Waals surface area contributed by atoms with Gasteiger partial charge in [0.15, 0.2) is 0 Å². The van der Waals surface area contributed by atoms with Gasteiger partial charge in [-0.1, -0.05) is 6.92 Å². The highest BCUT2D eigenvalue weighted by Gasteiger charge is 2.18. The predicted octanol–water partition coefficient (Wildman–Crippen LogP) is -1.77. The Hall–Kier alpha value is -0.160. The lowest BCUT2D eigenvalue weighted by Crippen LogP contribution is -2.48. The first-order chi connectivity index (χ1) is 3.62. The molecule has 0 unspecified atom stereocenters. The minimum absolute atomic E-state index is 0.410. The van der Waals surface area contributed by atoms with Crippen LogP contribution in [-0.4, -0.2) is 34.4 Å². The van der Waals surface area contributed by atoms with Crippen LogP contribution in [0.15, 0.2) is 0 Å². The molecule has 0 aliphatic heterocycles. The van der Waals surface area contributed by atoms with Gasteiger partial charge in [-0.05, 0) is 6.54 Å². The second kappa shape index (κ2) is 2.99. The van der Waals surface area contributed by atoms with Gasteiger partial charge in [-0.15, -0.1) is 0 Å². The van der Waals surface area contributed by atoms with Crippen molar-refractivity contribution in [1.82, 2.24) is 5.32 Å². The standard InChI is InChI=1S/C4H11NO3/c1-2-5-4(7,8)3-6/h5-8H,2-3H2,1H3. The zero-order valence-corrected chi connectivity index (χ0v) is 4.76. The van der Waals surface area contributed by atoms with E-state index in [0.29, 0.717) is 6.54 Å². The first kappa shape index (κ1) is 7.84. The number of rotatable bonds is 3. The Morgan fingerprint density at radius 1 is 1.50 bits per heavy atom. The van der Waals surface area contributed by atoms with E-state index >= 15 is 0 Å². The van der Waals surface area contributed by atoms with Crippen LogP contribution < -0.4 is 5.32 Å². The van der Waals surface area contributed by atoms with Gasteiger partial charge in [0.25, 0.3) is 0 Å². The third-order valence-electron chi connectivity index (χ3n) is 0.680. The largest absolute Gasteiger partial charge is 0.389 e. The molecule has 0 aliphatic rings. The molecule has 0 saturated heterocycles. The molecule has 0 amide bonds. The highest BCUT2D eigenvalue weighted by atomic mass is 16.5. The smallest absolute Gasteiger partial charge is 0.246 e. The van der Waals surface area contributed by atoms with E-state index in [1.807, 2.05) is 0 Å². The molecule has 0 bridgehead atoms. The van der Waals surface area contributed by atoms with Crippen LogP contribution in [0.1, 0.15) is 6.92 Å². The van der Waals surface area contributed by atoms with Crippen molar-refractivity contribution in [2.24, 2.45) is 0 Å². The summed E-state index contributed by atoms with van der Waals surface area (Å²) in [7, 11) is 0. The number of aliphatic hydroxyl groups excluding tert-OH is 1. The Kier molecular flexibility index (Phi) is 2.93. The molecule has 4 nitrogen and oxygen atoms in total. The highest BCUT2D eigenvalue weighted by Crippen LogP contribution is 1.87. The minimum Gasteiger partial charge on any atom is -0.389 e. The van der Waals surface area contributed by atoms with E-state index in [9.17, 15) is 0 Å². The highest BCUT2D eigenvalue weighted by molar-refractivity contribution is 4.55. The number of likely N-dealkylation sites (N-methyl/N-ethyl adjacent to an activating group) is 1. The quantitative estimate of drug-likeness (QED) is 0.333. The summed E-state index contributed by atoms with van der Waals surface area (Å²) in [5.74, 6) is -2.10. The molecule has 0 aromatic carbocycles. The Morgan fingerprint density at radius 2 is 2.00 bits per heavy atom. The fourth-order valence-corrected chi connectivity index (χ4v) is 0.339. The van der Waals surface area contributed by atoms with Gasteiger partial charge in [0, 0.05) is 0 Å². The third-order valence-corrected chi connectivity index (χ3v) is 0.680. The van der Waals surface area contributed by atoms with Gasteiger partial charge in [-0.3, -0.25) is 5.32 Å². The molecule has 4 heteroatoms. The van der Waals surface area contributed by atoms with Crippen LogP contribution in [-0.2, 0) is 0 Å². The summed E-state index contributed by atoms with van der Waals surface area (Å²) in [5.41, 5.74) is 0. The van der Waals surface area contributed by atoms with E-state index in [0.717, 1.165) is 0 Å². The molecule has 0 aromatic rings. The van der Waals surface area contributed by atoms with Crippen LogP contribution in [0.4, 0.5) is 0 Å². The topological polar surface area (TPSA) is 72.7 Å². The maximum absolute atomic E-state index is 8.52.